The molecule has 1 amide bonds. The summed E-state index contributed by atoms with van der Waals surface area (Å²) in [6.07, 6.45) is 2.19. The minimum Gasteiger partial charge on any atom is -0.372 e. The van der Waals surface area contributed by atoms with Crippen molar-refractivity contribution in [3.05, 3.63) is 41.6 Å². The molecule has 2 atom stereocenters. The lowest BCUT2D eigenvalue weighted by Crippen LogP contribution is -2.40. The van der Waals surface area contributed by atoms with Crippen molar-refractivity contribution in [1.29, 1.82) is 5.26 Å². The highest BCUT2D eigenvalue weighted by Gasteiger charge is 2.28. The number of anilines is 3. The van der Waals surface area contributed by atoms with Gasteiger partial charge in [0.25, 0.3) is 0 Å². The van der Waals surface area contributed by atoms with Gasteiger partial charge in [0, 0.05) is 38.7 Å². The van der Waals surface area contributed by atoms with E-state index < -0.39 is 12.2 Å². The standard InChI is InChI=1S/C22H24FN7O/c1-25-20-16(7-3-2-4-9-26-21(31)19-11-17(23)14-27-19)13-28-22(30-20)29-18-8-5-6-15(10-18)12-24/h5-6,8,10,13,17,19,27H,2,4,9,11,14H2,1H3,(H,26,31)(H2,25,28,29,30)/t17-,19-/m0/s1. The van der Waals surface area contributed by atoms with E-state index in [4.69, 9.17) is 5.26 Å². The summed E-state index contributed by atoms with van der Waals surface area (Å²) in [7, 11) is 1.75. The Labute approximate surface area is 180 Å². The number of aromatic nitrogens is 2. The molecular weight excluding hydrogens is 397 g/mol. The van der Waals surface area contributed by atoms with E-state index >= 15 is 0 Å². The van der Waals surface area contributed by atoms with Crippen molar-refractivity contribution in [2.75, 3.05) is 30.8 Å². The van der Waals surface area contributed by atoms with Gasteiger partial charge >= 0.3 is 0 Å². The van der Waals surface area contributed by atoms with E-state index in [1.807, 2.05) is 6.07 Å². The van der Waals surface area contributed by atoms with Gasteiger partial charge in [0.05, 0.1) is 29.4 Å². The van der Waals surface area contributed by atoms with E-state index in [1.54, 1.807) is 31.4 Å². The highest BCUT2D eigenvalue weighted by Crippen LogP contribution is 2.17. The van der Waals surface area contributed by atoms with Gasteiger partial charge < -0.3 is 21.3 Å². The van der Waals surface area contributed by atoms with Gasteiger partial charge in [-0.3, -0.25) is 4.79 Å². The van der Waals surface area contributed by atoms with E-state index in [9.17, 15) is 9.18 Å². The molecule has 0 spiro atoms. The van der Waals surface area contributed by atoms with Crippen molar-refractivity contribution in [2.45, 2.75) is 31.5 Å². The molecule has 1 aromatic carbocycles. The van der Waals surface area contributed by atoms with Crippen molar-refractivity contribution in [3.63, 3.8) is 0 Å². The van der Waals surface area contributed by atoms with Gasteiger partial charge in [0.1, 0.15) is 12.0 Å². The number of alkyl halides is 1. The van der Waals surface area contributed by atoms with Crippen molar-refractivity contribution in [3.8, 4) is 17.9 Å². The van der Waals surface area contributed by atoms with Crippen LogP contribution in [0.2, 0.25) is 0 Å². The van der Waals surface area contributed by atoms with Gasteiger partial charge in [-0.1, -0.05) is 17.9 Å². The summed E-state index contributed by atoms with van der Waals surface area (Å²) in [4.78, 5) is 20.6. The monoisotopic (exact) mass is 421 g/mol. The van der Waals surface area contributed by atoms with Crippen molar-refractivity contribution < 1.29 is 9.18 Å². The lowest BCUT2D eigenvalue weighted by Gasteiger charge is -2.09. The van der Waals surface area contributed by atoms with Crippen LogP contribution in [0.25, 0.3) is 0 Å². The van der Waals surface area contributed by atoms with Gasteiger partial charge in [0.15, 0.2) is 0 Å². The molecule has 0 bridgehead atoms. The molecule has 0 unspecified atom stereocenters. The quantitative estimate of drug-likeness (QED) is 0.400. The molecule has 8 nitrogen and oxygen atoms in total. The number of benzene rings is 1. The Kier molecular flexibility index (Phi) is 7.74. The second-order valence-corrected chi connectivity index (χ2v) is 7.01. The Morgan fingerprint density at radius 3 is 3.03 bits per heavy atom. The zero-order valence-corrected chi connectivity index (χ0v) is 17.2. The third-order valence-corrected chi connectivity index (χ3v) is 4.67. The molecule has 0 saturated carbocycles. The van der Waals surface area contributed by atoms with Gasteiger partial charge in [-0.15, -0.1) is 0 Å². The summed E-state index contributed by atoms with van der Waals surface area (Å²) >= 11 is 0. The molecular formula is C22H24FN7O. The molecule has 31 heavy (non-hydrogen) atoms. The van der Waals surface area contributed by atoms with Crippen LogP contribution in [0.5, 0.6) is 0 Å². The number of halogens is 1. The smallest absolute Gasteiger partial charge is 0.237 e. The molecule has 3 rings (SSSR count). The molecule has 9 heteroatoms. The number of unbranched alkanes of at least 4 members (excludes halogenated alkanes) is 1. The molecule has 2 aromatic rings. The Morgan fingerprint density at radius 2 is 2.29 bits per heavy atom. The van der Waals surface area contributed by atoms with Crippen LogP contribution in [0.3, 0.4) is 0 Å². The normalized spacial score (nSPS) is 17.2. The largest absolute Gasteiger partial charge is 0.372 e. The van der Waals surface area contributed by atoms with E-state index in [1.165, 1.54) is 0 Å². The number of nitrogens with one attached hydrogen (secondary N) is 4. The highest BCUT2D eigenvalue weighted by atomic mass is 19.1. The number of carbonyl (C=O) groups excluding carboxylic acids is 1. The molecule has 1 aliphatic heterocycles. The first-order chi connectivity index (χ1) is 15.1. The fourth-order valence-corrected chi connectivity index (χ4v) is 3.08. The number of carbonyl (C=O) groups is 1. The maximum absolute atomic E-state index is 13.1. The minimum absolute atomic E-state index is 0.164. The van der Waals surface area contributed by atoms with Crippen LogP contribution in [-0.4, -0.2) is 48.2 Å². The number of hydrogen-bond acceptors (Lipinski definition) is 7. The lowest BCUT2D eigenvalue weighted by molar-refractivity contribution is -0.122. The molecule has 0 radical (unpaired) electrons. The maximum Gasteiger partial charge on any atom is 0.237 e. The first-order valence-electron chi connectivity index (χ1n) is 10.0. The van der Waals surface area contributed by atoms with Crippen molar-refractivity contribution in [1.82, 2.24) is 20.6 Å². The Bertz CT molecular complexity index is 1020. The molecule has 0 aliphatic carbocycles. The average molecular weight is 421 g/mol. The molecule has 1 fully saturated rings. The Hall–Kier alpha value is -3.69. The first kappa shape index (κ1) is 22.0. The van der Waals surface area contributed by atoms with Crippen molar-refractivity contribution >= 4 is 23.4 Å². The topological polar surface area (TPSA) is 115 Å². The van der Waals surface area contributed by atoms with Crippen LogP contribution in [0.4, 0.5) is 21.8 Å². The number of rotatable bonds is 7. The summed E-state index contributed by atoms with van der Waals surface area (Å²) in [5.41, 5.74) is 1.92. The Balaban J connectivity index is 1.49. The van der Waals surface area contributed by atoms with E-state index in [2.05, 4.69) is 49.1 Å². The van der Waals surface area contributed by atoms with Crippen LogP contribution in [0.15, 0.2) is 30.5 Å². The minimum atomic E-state index is -0.950. The van der Waals surface area contributed by atoms with Crippen molar-refractivity contribution in [2.24, 2.45) is 0 Å². The second-order valence-electron chi connectivity index (χ2n) is 7.01. The van der Waals surface area contributed by atoms with Crippen LogP contribution >= 0.6 is 0 Å². The number of nitrogens with zero attached hydrogens (tertiary/aromatic N) is 3. The predicted molar refractivity (Wildman–Crippen MR) is 116 cm³/mol. The zero-order chi connectivity index (χ0) is 22.1. The van der Waals surface area contributed by atoms with Crippen LogP contribution < -0.4 is 21.3 Å². The lowest BCUT2D eigenvalue weighted by atomic mass is 10.2. The third kappa shape index (κ3) is 6.39. The first-order valence-corrected chi connectivity index (χ1v) is 10.0. The highest BCUT2D eigenvalue weighted by molar-refractivity contribution is 5.82. The molecule has 160 valence electrons. The summed E-state index contributed by atoms with van der Waals surface area (Å²) in [6.45, 7) is 0.725. The number of nitriles is 1. The fourth-order valence-electron chi connectivity index (χ4n) is 3.08. The fraction of sp³-hybridized carbons (Fsp3) is 0.364. The summed E-state index contributed by atoms with van der Waals surface area (Å²) in [5.74, 6) is 6.91. The average Bonchev–Trinajstić information content (AvgIpc) is 3.23. The maximum atomic E-state index is 13.1. The molecule has 2 heterocycles. The van der Waals surface area contributed by atoms with Crippen LogP contribution in [0, 0.1) is 23.2 Å². The van der Waals surface area contributed by atoms with Crippen LogP contribution in [-0.2, 0) is 4.79 Å². The second kappa shape index (κ2) is 10.9. The SMILES string of the molecule is CNc1nc(Nc2cccc(C#N)c2)ncc1C#CCCCNC(=O)[C@@H]1C[C@H](F)CN1. The molecule has 1 aliphatic rings. The van der Waals surface area contributed by atoms with Gasteiger partial charge in [-0.2, -0.15) is 10.2 Å². The summed E-state index contributed by atoms with van der Waals surface area (Å²) < 4.78 is 13.1. The third-order valence-electron chi connectivity index (χ3n) is 4.67. The predicted octanol–water partition coefficient (Wildman–Crippen LogP) is 2.08. The van der Waals surface area contributed by atoms with Gasteiger partial charge in [-0.25, -0.2) is 9.37 Å². The summed E-state index contributed by atoms with van der Waals surface area (Å²) in [6, 6.07) is 8.70. The number of amides is 1. The zero-order valence-electron chi connectivity index (χ0n) is 17.2. The number of hydrogen-bond donors (Lipinski definition) is 4. The molecule has 4 N–H and O–H groups in total. The summed E-state index contributed by atoms with van der Waals surface area (Å²) in [5, 5.41) is 20.7. The van der Waals surface area contributed by atoms with E-state index in [0.717, 1.165) is 5.69 Å². The van der Waals surface area contributed by atoms with E-state index in [0.29, 0.717) is 42.3 Å². The van der Waals surface area contributed by atoms with Gasteiger partial charge in [0.2, 0.25) is 11.9 Å². The van der Waals surface area contributed by atoms with Gasteiger partial charge in [-0.05, 0) is 24.6 Å². The molecule has 1 saturated heterocycles. The molecule has 1 aromatic heterocycles. The Morgan fingerprint density at radius 1 is 1.42 bits per heavy atom. The van der Waals surface area contributed by atoms with Crippen LogP contribution in [0.1, 0.15) is 30.4 Å². The van der Waals surface area contributed by atoms with E-state index in [-0.39, 0.29) is 18.9 Å².